The zero-order chi connectivity index (χ0) is 17.8. The summed E-state index contributed by atoms with van der Waals surface area (Å²) in [4.78, 5) is 14.6. The summed E-state index contributed by atoms with van der Waals surface area (Å²) in [7, 11) is 0. The predicted molar refractivity (Wildman–Crippen MR) is 109 cm³/mol. The minimum Gasteiger partial charge on any atom is -0.493 e. The largest absolute Gasteiger partial charge is 0.493 e. The molecule has 0 spiro atoms. The lowest BCUT2D eigenvalue weighted by Gasteiger charge is -2.31. The van der Waals surface area contributed by atoms with Crippen molar-refractivity contribution in [2.45, 2.75) is 25.8 Å². The molecule has 1 fully saturated rings. The van der Waals surface area contributed by atoms with Crippen molar-refractivity contribution in [1.82, 2.24) is 9.80 Å². The van der Waals surface area contributed by atoms with Gasteiger partial charge < -0.3 is 20.5 Å². The molecule has 4 N–H and O–H groups in total. The molecule has 2 aliphatic rings. The van der Waals surface area contributed by atoms with Crippen LogP contribution in [0.25, 0.3) is 0 Å². The number of guanidine groups is 1. The van der Waals surface area contributed by atoms with E-state index in [0.717, 1.165) is 44.6 Å². The molecule has 0 atom stereocenters. The van der Waals surface area contributed by atoms with Gasteiger partial charge in [-0.15, -0.1) is 24.8 Å². The average Bonchev–Trinajstić information content (AvgIpc) is 2.60. The van der Waals surface area contributed by atoms with E-state index in [2.05, 4.69) is 12.1 Å². The molecule has 152 valence electrons. The fourth-order valence-corrected chi connectivity index (χ4v) is 3.55. The molecule has 7 nitrogen and oxygen atoms in total. The molecule has 0 aliphatic carbocycles. The Morgan fingerprint density at radius 1 is 1.22 bits per heavy atom. The molecule has 0 bridgehead atoms. The van der Waals surface area contributed by atoms with Gasteiger partial charge >= 0.3 is 5.97 Å². The lowest BCUT2D eigenvalue weighted by molar-refractivity contribution is -0.138. The summed E-state index contributed by atoms with van der Waals surface area (Å²) in [5, 5.41) is 16.4. The number of benzene rings is 1. The zero-order valence-electron chi connectivity index (χ0n) is 15.2. The number of aliphatic carboxylic acids is 1. The van der Waals surface area contributed by atoms with E-state index in [1.54, 1.807) is 0 Å². The summed E-state index contributed by atoms with van der Waals surface area (Å²) >= 11 is 0. The standard InChI is InChI=1S/C18H26N4O3.2ClH/c19-18(20)22-8-5-14-1-2-16(9-15(14)10-22)25-12-13-3-6-21(7-4-13)11-17(23)24;;/h1-2,9,13H,3-8,10-12H2,(H3,19,20)(H,23,24);2*1H. The van der Waals surface area contributed by atoms with Gasteiger partial charge in [-0.25, -0.2) is 0 Å². The molecule has 1 saturated heterocycles. The van der Waals surface area contributed by atoms with E-state index in [1.807, 2.05) is 15.9 Å². The highest BCUT2D eigenvalue weighted by molar-refractivity contribution is 5.85. The summed E-state index contributed by atoms with van der Waals surface area (Å²) in [5.74, 6) is 0.681. The van der Waals surface area contributed by atoms with Crippen LogP contribution in [0.1, 0.15) is 24.0 Å². The number of hydrogen-bond donors (Lipinski definition) is 3. The number of fused-ring (bicyclic) bond motifs is 1. The van der Waals surface area contributed by atoms with Crippen LogP contribution in [0.4, 0.5) is 0 Å². The fraction of sp³-hybridized carbons (Fsp3) is 0.556. The molecule has 0 saturated carbocycles. The Kier molecular flexibility index (Phi) is 9.15. The molecule has 2 aliphatic heterocycles. The second-order valence-corrected chi connectivity index (χ2v) is 6.91. The molecule has 3 rings (SSSR count). The van der Waals surface area contributed by atoms with Crippen molar-refractivity contribution < 1.29 is 14.6 Å². The molecule has 0 aromatic heterocycles. The molecule has 9 heteroatoms. The number of nitrogens with zero attached hydrogens (tertiary/aromatic N) is 2. The van der Waals surface area contributed by atoms with E-state index in [1.165, 1.54) is 11.1 Å². The first-order chi connectivity index (χ1) is 12.0. The first-order valence-electron chi connectivity index (χ1n) is 8.79. The maximum absolute atomic E-state index is 10.8. The minimum atomic E-state index is -0.761. The molecule has 27 heavy (non-hydrogen) atoms. The van der Waals surface area contributed by atoms with Crippen molar-refractivity contribution in [3.63, 3.8) is 0 Å². The monoisotopic (exact) mass is 418 g/mol. The summed E-state index contributed by atoms with van der Waals surface area (Å²) in [6, 6.07) is 6.18. The van der Waals surface area contributed by atoms with Crippen LogP contribution < -0.4 is 10.5 Å². The van der Waals surface area contributed by atoms with Crippen molar-refractivity contribution in [2.75, 3.05) is 32.8 Å². The Hall–Kier alpha value is -1.70. The normalized spacial score (nSPS) is 17.3. The van der Waals surface area contributed by atoms with Gasteiger partial charge in [0.15, 0.2) is 5.96 Å². The van der Waals surface area contributed by atoms with Crippen LogP contribution in [-0.2, 0) is 17.8 Å². The minimum absolute atomic E-state index is 0. The highest BCUT2D eigenvalue weighted by atomic mass is 35.5. The number of rotatable bonds is 5. The molecule has 0 amide bonds. The van der Waals surface area contributed by atoms with E-state index >= 15 is 0 Å². The van der Waals surface area contributed by atoms with Crippen LogP contribution in [0.3, 0.4) is 0 Å². The number of carboxylic acids is 1. The van der Waals surface area contributed by atoms with E-state index < -0.39 is 5.97 Å². The highest BCUT2D eigenvalue weighted by Crippen LogP contribution is 2.25. The zero-order valence-corrected chi connectivity index (χ0v) is 16.9. The van der Waals surface area contributed by atoms with Crippen molar-refractivity contribution >= 4 is 36.7 Å². The van der Waals surface area contributed by atoms with Crippen LogP contribution in [0.5, 0.6) is 5.75 Å². The quantitative estimate of drug-likeness (QED) is 0.498. The number of hydrogen-bond acceptors (Lipinski definition) is 4. The number of ether oxygens (including phenoxy) is 1. The Morgan fingerprint density at radius 3 is 2.56 bits per heavy atom. The number of halogens is 2. The van der Waals surface area contributed by atoms with Crippen LogP contribution in [0, 0.1) is 11.3 Å². The average molecular weight is 419 g/mol. The van der Waals surface area contributed by atoms with Gasteiger partial charge in [0.25, 0.3) is 0 Å². The van der Waals surface area contributed by atoms with Gasteiger partial charge in [0.2, 0.25) is 0 Å². The smallest absolute Gasteiger partial charge is 0.317 e. The SMILES string of the molecule is Cl.Cl.N=C(N)N1CCc2ccc(OCC3CCN(CC(=O)O)CC3)cc2C1. The summed E-state index contributed by atoms with van der Waals surface area (Å²) in [6.07, 6.45) is 2.84. The number of likely N-dealkylation sites (tertiary alicyclic amines) is 1. The van der Waals surface area contributed by atoms with E-state index in [9.17, 15) is 4.79 Å². The lowest BCUT2D eigenvalue weighted by atomic mass is 9.97. The lowest BCUT2D eigenvalue weighted by Crippen LogP contribution is -2.40. The molecule has 1 aromatic rings. The first kappa shape index (κ1) is 23.3. The van der Waals surface area contributed by atoms with Gasteiger partial charge in [-0.1, -0.05) is 6.07 Å². The van der Waals surface area contributed by atoms with E-state index in [0.29, 0.717) is 19.1 Å². The third-order valence-electron chi connectivity index (χ3n) is 5.08. The molecule has 0 radical (unpaired) electrons. The van der Waals surface area contributed by atoms with Gasteiger partial charge in [-0.3, -0.25) is 15.1 Å². The maximum Gasteiger partial charge on any atom is 0.317 e. The van der Waals surface area contributed by atoms with Gasteiger partial charge in [0.05, 0.1) is 13.2 Å². The third-order valence-corrected chi connectivity index (χ3v) is 5.08. The van der Waals surface area contributed by atoms with Gasteiger partial charge in [0, 0.05) is 13.1 Å². The number of carbonyl (C=O) groups is 1. The molecular formula is C18H28Cl2N4O3. The summed E-state index contributed by atoms with van der Waals surface area (Å²) in [5.41, 5.74) is 8.07. The molecular weight excluding hydrogens is 391 g/mol. The van der Waals surface area contributed by atoms with Crippen LogP contribution >= 0.6 is 24.8 Å². The Balaban J connectivity index is 0.00000182. The summed E-state index contributed by atoms with van der Waals surface area (Å²) in [6.45, 7) is 3.88. The van der Waals surface area contributed by atoms with Gasteiger partial charge in [-0.2, -0.15) is 0 Å². The van der Waals surface area contributed by atoms with Crippen molar-refractivity contribution in [2.24, 2.45) is 11.7 Å². The van der Waals surface area contributed by atoms with Crippen LogP contribution in [0.2, 0.25) is 0 Å². The molecule has 1 aromatic carbocycles. The van der Waals surface area contributed by atoms with E-state index in [4.69, 9.17) is 21.0 Å². The first-order valence-corrected chi connectivity index (χ1v) is 8.79. The third kappa shape index (κ3) is 6.45. The molecule has 0 unspecified atom stereocenters. The van der Waals surface area contributed by atoms with Crippen LogP contribution in [0.15, 0.2) is 18.2 Å². The number of nitrogens with one attached hydrogen (secondary N) is 1. The Bertz CT molecular complexity index is 651. The predicted octanol–water partition coefficient (Wildman–Crippen LogP) is 1.96. The van der Waals surface area contributed by atoms with E-state index in [-0.39, 0.29) is 37.3 Å². The van der Waals surface area contributed by atoms with Crippen LogP contribution in [-0.4, -0.2) is 59.6 Å². The Morgan fingerprint density at radius 2 is 1.93 bits per heavy atom. The van der Waals surface area contributed by atoms with Crippen molar-refractivity contribution in [3.8, 4) is 5.75 Å². The number of carboxylic acid groups (broad SMARTS) is 1. The fourth-order valence-electron chi connectivity index (χ4n) is 3.55. The van der Waals surface area contributed by atoms with Crippen molar-refractivity contribution in [3.05, 3.63) is 29.3 Å². The van der Waals surface area contributed by atoms with Gasteiger partial charge in [-0.05, 0) is 61.5 Å². The maximum atomic E-state index is 10.8. The van der Waals surface area contributed by atoms with Crippen molar-refractivity contribution in [1.29, 1.82) is 5.41 Å². The number of piperidine rings is 1. The summed E-state index contributed by atoms with van der Waals surface area (Å²) < 4.78 is 5.99. The second-order valence-electron chi connectivity index (χ2n) is 6.91. The second kappa shape index (κ2) is 10.6. The van der Waals surface area contributed by atoms with Gasteiger partial charge in [0.1, 0.15) is 5.75 Å². The Labute approximate surface area is 172 Å². The number of nitrogens with two attached hydrogens (primary N) is 1. The topological polar surface area (TPSA) is 103 Å². The molecule has 2 heterocycles. The highest BCUT2D eigenvalue weighted by Gasteiger charge is 2.22.